The standard InChI is InChI=1S/C17H17NOS/c19-17(12-8-14-5-6-15(9-12)20-14)13-7-11-3-1-2-4-16(11)18-10-13/h1-4,7,10,12,14-15H,5-6,8-9H2. The van der Waals surface area contributed by atoms with E-state index in [9.17, 15) is 4.79 Å². The minimum Gasteiger partial charge on any atom is -0.294 e. The molecule has 0 aliphatic carbocycles. The van der Waals surface area contributed by atoms with E-state index in [4.69, 9.17) is 0 Å². The predicted octanol–water partition coefficient (Wildman–Crippen LogP) is 4.09. The second-order valence-electron chi connectivity index (χ2n) is 5.91. The van der Waals surface area contributed by atoms with Crippen molar-refractivity contribution in [1.29, 1.82) is 0 Å². The molecule has 2 fully saturated rings. The van der Waals surface area contributed by atoms with E-state index in [1.54, 1.807) is 6.20 Å². The van der Waals surface area contributed by atoms with Crippen LogP contribution in [-0.2, 0) is 0 Å². The highest BCUT2D eigenvalue weighted by Gasteiger charge is 2.37. The van der Waals surface area contributed by atoms with Crippen molar-refractivity contribution < 1.29 is 4.79 Å². The van der Waals surface area contributed by atoms with Crippen molar-refractivity contribution in [1.82, 2.24) is 4.98 Å². The average Bonchev–Trinajstić information content (AvgIpc) is 2.84. The maximum absolute atomic E-state index is 12.7. The van der Waals surface area contributed by atoms with Crippen molar-refractivity contribution in [2.24, 2.45) is 5.92 Å². The summed E-state index contributed by atoms with van der Waals surface area (Å²) in [4.78, 5) is 17.1. The molecule has 0 amide bonds. The Morgan fingerprint density at radius 1 is 1.15 bits per heavy atom. The number of hydrogen-bond donors (Lipinski definition) is 0. The number of rotatable bonds is 2. The molecule has 2 aliphatic rings. The monoisotopic (exact) mass is 283 g/mol. The van der Waals surface area contributed by atoms with E-state index >= 15 is 0 Å². The number of aromatic nitrogens is 1. The maximum Gasteiger partial charge on any atom is 0.167 e. The molecule has 2 atom stereocenters. The first-order valence-corrected chi connectivity index (χ1v) is 8.28. The highest BCUT2D eigenvalue weighted by Crippen LogP contribution is 2.46. The van der Waals surface area contributed by atoms with Crippen LogP contribution in [0.15, 0.2) is 36.5 Å². The molecular weight excluding hydrogens is 266 g/mol. The van der Waals surface area contributed by atoms with Crippen LogP contribution in [0.25, 0.3) is 10.9 Å². The number of benzene rings is 1. The van der Waals surface area contributed by atoms with Crippen LogP contribution in [0.3, 0.4) is 0 Å². The third-order valence-electron chi connectivity index (χ3n) is 4.54. The molecule has 2 unspecified atom stereocenters. The lowest BCUT2D eigenvalue weighted by atomic mass is 9.90. The second kappa shape index (κ2) is 4.88. The first-order chi connectivity index (χ1) is 9.79. The molecule has 3 heteroatoms. The van der Waals surface area contributed by atoms with Gasteiger partial charge in [-0.3, -0.25) is 9.78 Å². The van der Waals surface area contributed by atoms with Gasteiger partial charge in [0.15, 0.2) is 5.78 Å². The highest BCUT2D eigenvalue weighted by molar-refractivity contribution is 8.00. The summed E-state index contributed by atoms with van der Waals surface area (Å²) in [5, 5.41) is 2.50. The number of Topliss-reactive ketones (excluding diaryl/α,β-unsaturated/α-hetero) is 1. The van der Waals surface area contributed by atoms with Gasteiger partial charge in [0.2, 0.25) is 0 Å². The van der Waals surface area contributed by atoms with Gasteiger partial charge in [0.1, 0.15) is 0 Å². The lowest BCUT2D eigenvalue weighted by Gasteiger charge is -2.26. The van der Waals surface area contributed by atoms with E-state index in [1.165, 1.54) is 12.8 Å². The number of fused-ring (bicyclic) bond motifs is 3. The first-order valence-electron chi connectivity index (χ1n) is 7.34. The molecule has 0 spiro atoms. The Balaban J connectivity index is 1.63. The van der Waals surface area contributed by atoms with E-state index in [2.05, 4.69) is 16.7 Å². The molecule has 0 N–H and O–H groups in total. The van der Waals surface area contributed by atoms with Crippen LogP contribution < -0.4 is 0 Å². The molecule has 2 saturated heterocycles. The summed E-state index contributed by atoms with van der Waals surface area (Å²) in [6.07, 6.45) is 6.48. The number of carbonyl (C=O) groups is 1. The van der Waals surface area contributed by atoms with E-state index in [0.717, 1.165) is 39.8 Å². The average molecular weight is 283 g/mol. The summed E-state index contributed by atoms with van der Waals surface area (Å²) in [7, 11) is 0. The van der Waals surface area contributed by atoms with Crippen molar-refractivity contribution in [3.05, 3.63) is 42.1 Å². The van der Waals surface area contributed by atoms with Crippen LogP contribution in [0.1, 0.15) is 36.0 Å². The largest absolute Gasteiger partial charge is 0.294 e. The van der Waals surface area contributed by atoms with Gasteiger partial charge in [0.25, 0.3) is 0 Å². The zero-order chi connectivity index (χ0) is 13.5. The quantitative estimate of drug-likeness (QED) is 0.777. The summed E-state index contributed by atoms with van der Waals surface area (Å²) >= 11 is 2.10. The molecule has 102 valence electrons. The Hall–Kier alpha value is -1.35. The molecule has 1 aromatic carbocycles. The minimum atomic E-state index is 0.219. The van der Waals surface area contributed by atoms with E-state index in [-0.39, 0.29) is 5.92 Å². The Bertz CT molecular complexity index is 657. The number of carbonyl (C=O) groups excluding carboxylic acids is 1. The summed E-state index contributed by atoms with van der Waals surface area (Å²) in [5.74, 6) is 0.525. The summed E-state index contributed by atoms with van der Waals surface area (Å²) in [6.45, 7) is 0. The molecule has 2 aliphatic heterocycles. The SMILES string of the molecule is O=C(c1cnc2ccccc2c1)C1CC2CCC(C1)S2. The van der Waals surface area contributed by atoms with Crippen LogP contribution in [0, 0.1) is 5.92 Å². The smallest absolute Gasteiger partial charge is 0.167 e. The Morgan fingerprint density at radius 2 is 1.90 bits per heavy atom. The van der Waals surface area contributed by atoms with Crippen molar-refractivity contribution in [2.75, 3.05) is 0 Å². The second-order valence-corrected chi connectivity index (χ2v) is 7.51. The summed E-state index contributed by atoms with van der Waals surface area (Å²) < 4.78 is 0. The molecule has 0 radical (unpaired) electrons. The van der Waals surface area contributed by atoms with Gasteiger partial charge >= 0.3 is 0 Å². The van der Waals surface area contributed by atoms with Gasteiger partial charge < -0.3 is 0 Å². The highest BCUT2D eigenvalue weighted by atomic mass is 32.2. The molecule has 3 heterocycles. The van der Waals surface area contributed by atoms with Crippen LogP contribution in [0.2, 0.25) is 0 Å². The molecule has 2 aromatic rings. The molecule has 20 heavy (non-hydrogen) atoms. The summed E-state index contributed by atoms with van der Waals surface area (Å²) in [6, 6.07) is 10.00. The van der Waals surface area contributed by atoms with Gasteiger partial charge in [-0.05, 0) is 37.8 Å². The third kappa shape index (κ3) is 2.14. The van der Waals surface area contributed by atoms with Gasteiger partial charge in [-0.25, -0.2) is 0 Å². The fourth-order valence-corrected chi connectivity index (χ4v) is 5.29. The Morgan fingerprint density at radius 3 is 2.70 bits per heavy atom. The zero-order valence-corrected chi connectivity index (χ0v) is 12.1. The van der Waals surface area contributed by atoms with E-state index in [1.807, 2.05) is 30.3 Å². The maximum atomic E-state index is 12.7. The van der Waals surface area contributed by atoms with E-state index < -0.39 is 0 Å². The van der Waals surface area contributed by atoms with Crippen LogP contribution in [-0.4, -0.2) is 21.3 Å². The van der Waals surface area contributed by atoms with Gasteiger partial charge in [-0.2, -0.15) is 11.8 Å². The molecule has 2 bridgehead atoms. The normalized spacial score (nSPS) is 28.7. The zero-order valence-electron chi connectivity index (χ0n) is 11.3. The van der Waals surface area contributed by atoms with Gasteiger partial charge in [-0.15, -0.1) is 0 Å². The number of hydrogen-bond acceptors (Lipinski definition) is 3. The van der Waals surface area contributed by atoms with Gasteiger partial charge in [-0.1, -0.05) is 18.2 Å². The number of thioether (sulfide) groups is 1. The van der Waals surface area contributed by atoms with Crippen molar-refractivity contribution in [2.45, 2.75) is 36.2 Å². The molecule has 2 nitrogen and oxygen atoms in total. The van der Waals surface area contributed by atoms with Crippen molar-refractivity contribution in [3.8, 4) is 0 Å². The predicted molar refractivity (Wildman–Crippen MR) is 83.2 cm³/mol. The van der Waals surface area contributed by atoms with Crippen molar-refractivity contribution >= 4 is 28.4 Å². The van der Waals surface area contributed by atoms with Crippen LogP contribution in [0.5, 0.6) is 0 Å². The fraction of sp³-hybridized carbons (Fsp3) is 0.412. The molecule has 0 saturated carbocycles. The molecule has 1 aromatic heterocycles. The number of ketones is 1. The van der Waals surface area contributed by atoms with Crippen LogP contribution >= 0.6 is 11.8 Å². The van der Waals surface area contributed by atoms with Gasteiger partial charge in [0, 0.05) is 33.6 Å². The lowest BCUT2D eigenvalue weighted by molar-refractivity contribution is 0.0906. The first kappa shape index (κ1) is 12.4. The number of nitrogens with zero attached hydrogens (tertiary/aromatic N) is 1. The summed E-state index contributed by atoms with van der Waals surface area (Å²) in [5.41, 5.74) is 1.75. The van der Waals surface area contributed by atoms with Gasteiger partial charge in [0.05, 0.1) is 5.52 Å². The molecular formula is C17H17NOS. The number of para-hydroxylation sites is 1. The fourth-order valence-electron chi connectivity index (χ4n) is 3.51. The van der Waals surface area contributed by atoms with Crippen molar-refractivity contribution in [3.63, 3.8) is 0 Å². The topological polar surface area (TPSA) is 30.0 Å². The third-order valence-corrected chi connectivity index (χ3v) is 6.16. The lowest BCUT2D eigenvalue weighted by Crippen LogP contribution is -2.24. The van der Waals surface area contributed by atoms with E-state index in [0.29, 0.717) is 5.78 Å². The van der Waals surface area contributed by atoms with Crippen LogP contribution in [0.4, 0.5) is 0 Å². The molecule has 4 rings (SSSR count). The minimum absolute atomic E-state index is 0.219. The Labute approximate surface area is 123 Å². The Kier molecular flexibility index (Phi) is 3.03. The number of pyridine rings is 1.